The first-order chi connectivity index (χ1) is 35.0. The van der Waals surface area contributed by atoms with Gasteiger partial charge >= 0.3 is 0 Å². The van der Waals surface area contributed by atoms with Crippen LogP contribution in [0.1, 0.15) is 33.4 Å². The maximum atomic E-state index is 6.58. The quantitative estimate of drug-likeness (QED) is 0.134. The summed E-state index contributed by atoms with van der Waals surface area (Å²) in [7, 11) is 14.6. The lowest BCUT2D eigenvalue weighted by Crippen LogP contribution is -2.52. The van der Waals surface area contributed by atoms with Crippen LogP contribution in [-0.2, 0) is 10.8 Å². The second-order valence-electron chi connectivity index (χ2n) is 22.0. The van der Waals surface area contributed by atoms with E-state index in [1.165, 1.54) is 66.8 Å². The Morgan fingerprint density at radius 3 is 1.53 bits per heavy atom. The minimum Gasteiger partial charge on any atom is -0.455 e. The van der Waals surface area contributed by atoms with Gasteiger partial charge in [0, 0.05) is 33.3 Å². The summed E-state index contributed by atoms with van der Waals surface area (Å²) >= 11 is 0. The van der Waals surface area contributed by atoms with Crippen LogP contribution in [-0.4, -0.2) is 47.1 Å². The van der Waals surface area contributed by atoms with Crippen molar-refractivity contribution in [1.82, 2.24) is 0 Å². The van der Waals surface area contributed by atoms with Crippen LogP contribution in [0.2, 0.25) is 10.2 Å². The highest BCUT2D eigenvalue weighted by molar-refractivity contribution is 6.66. The van der Waals surface area contributed by atoms with Crippen LogP contribution in [0.15, 0.2) is 241 Å². The van der Waals surface area contributed by atoms with Crippen molar-refractivity contribution in [2.45, 2.75) is 21.1 Å². The topological polar surface area (TPSA) is 16.4 Å². The predicted molar refractivity (Wildman–Crippen MR) is 319 cm³/mol. The summed E-state index contributed by atoms with van der Waals surface area (Å²) in [6.45, 7) is 0. The van der Waals surface area contributed by atoms with E-state index in [-0.39, 0.29) is 15.6 Å². The van der Waals surface area contributed by atoms with Crippen LogP contribution in [0.25, 0.3) is 66.4 Å². The van der Waals surface area contributed by atoms with E-state index in [0.717, 1.165) is 50.1 Å². The average Bonchev–Trinajstić information content (AvgIpc) is 4.04. The maximum Gasteiger partial charge on any atom is 0.143 e. The van der Waals surface area contributed by atoms with Gasteiger partial charge in [0.1, 0.15) is 11.2 Å². The molecule has 0 amide bonds. The van der Waals surface area contributed by atoms with Gasteiger partial charge in [0.05, 0.1) is 58.2 Å². The zero-order valence-electron chi connectivity index (χ0n) is 41.9. The molecule has 2 aliphatic rings. The minimum atomic E-state index is -0.634. The molecule has 0 saturated carbocycles. The smallest absolute Gasteiger partial charge is 0.143 e. The summed E-state index contributed by atoms with van der Waals surface area (Å²) in [6, 6.07) is 88.0. The Kier molecular flexibility index (Phi) is 10.0. The van der Waals surface area contributed by atoms with E-state index in [1.807, 2.05) is 6.07 Å². The third-order valence-electron chi connectivity index (χ3n) is 16.3. The Labute approximate surface area is 428 Å². The molecule has 8 heteroatoms. The van der Waals surface area contributed by atoms with Gasteiger partial charge in [0.25, 0.3) is 0 Å². The molecule has 72 heavy (non-hydrogen) atoms. The van der Waals surface area contributed by atoms with Gasteiger partial charge < -0.3 is 9.32 Å². The molecular formula is C64H51B6NO. The SMILES string of the molecule is BC(B)(B)C1(C(B)(B)B)c2ccccc2-c2ccc(N(c3ccc4c(c3)C(c3ccccc3)(c3ccc(-c5cccc6c5oc5ccccc56)cc3)c3ccccc3-4)c3ccccc3-c3ccccc3)cc21. The molecule has 11 aromatic rings. The van der Waals surface area contributed by atoms with Gasteiger partial charge in [-0.25, -0.2) is 0 Å². The molecule has 0 saturated heterocycles. The summed E-state index contributed by atoms with van der Waals surface area (Å²) in [5, 5.41) is 2.05. The van der Waals surface area contributed by atoms with Gasteiger partial charge in [0.15, 0.2) is 0 Å². The molecule has 0 bridgehead atoms. The van der Waals surface area contributed by atoms with E-state index in [4.69, 9.17) is 4.42 Å². The summed E-state index contributed by atoms with van der Waals surface area (Å²) < 4.78 is 6.58. The highest BCUT2D eigenvalue weighted by Crippen LogP contribution is 2.66. The van der Waals surface area contributed by atoms with Crippen molar-refractivity contribution in [2.75, 3.05) is 4.90 Å². The van der Waals surface area contributed by atoms with Crippen LogP contribution in [0.4, 0.5) is 17.1 Å². The number of hydrogen-bond donors (Lipinski definition) is 0. The largest absolute Gasteiger partial charge is 0.455 e. The van der Waals surface area contributed by atoms with Crippen LogP contribution in [0.3, 0.4) is 0 Å². The molecule has 13 rings (SSSR count). The lowest BCUT2D eigenvalue weighted by Gasteiger charge is -2.54. The average molecular weight is 915 g/mol. The highest BCUT2D eigenvalue weighted by Gasteiger charge is 2.56. The number of hydrogen-bond acceptors (Lipinski definition) is 2. The molecule has 0 aliphatic heterocycles. The highest BCUT2D eigenvalue weighted by atomic mass is 16.3. The standard InChI is InChI=1S/C64H51B6NO/c65-63(66,67)62(64(68,69)70)55-27-12-8-22-49(55)51-37-35-45(39-57(51)62)71(58-28-13-9-20-46(58)40-16-3-1-4-17-40)44-34-36-50-48-21-7-11-26-54(48)61(56(50)38-44,42-18-5-2-6-19-42)43-32-30-41(31-33-43)47-24-15-25-53-52-23-10-14-29-59(52)72-60(47)53/h1-39H,65-70H2. The summed E-state index contributed by atoms with van der Waals surface area (Å²) in [5.41, 5.74) is 21.8. The van der Waals surface area contributed by atoms with Gasteiger partial charge in [0.2, 0.25) is 0 Å². The van der Waals surface area contributed by atoms with Crippen molar-refractivity contribution >= 4 is 86.1 Å². The number of benzene rings is 10. The number of anilines is 3. The van der Waals surface area contributed by atoms with Crippen LogP contribution in [0, 0.1) is 0 Å². The zero-order chi connectivity index (χ0) is 49.0. The zero-order valence-corrected chi connectivity index (χ0v) is 41.9. The van der Waals surface area contributed by atoms with Crippen molar-refractivity contribution in [2.24, 2.45) is 0 Å². The van der Waals surface area contributed by atoms with Crippen LogP contribution < -0.4 is 4.90 Å². The molecule has 0 spiro atoms. The molecule has 1 heterocycles. The second kappa shape index (κ2) is 16.4. The second-order valence-corrected chi connectivity index (χ2v) is 22.0. The Bertz CT molecular complexity index is 3900. The number of rotatable bonds is 9. The van der Waals surface area contributed by atoms with Gasteiger partial charge in [-0.2, -0.15) is 0 Å². The number of nitrogens with zero attached hydrogens (tertiary/aromatic N) is 1. The van der Waals surface area contributed by atoms with Crippen molar-refractivity contribution in [3.05, 3.63) is 270 Å². The van der Waals surface area contributed by atoms with Crippen LogP contribution >= 0.6 is 0 Å². The Hall–Kier alpha value is -7.81. The van der Waals surface area contributed by atoms with Crippen molar-refractivity contribution < 1.29 is 4.42 Å². The molecule has 0 N–H and O–H groups in total. The molecule has 0 fully saturated rings. The summed E-state index contributed by atoms with van der Waals surface area (Å²) in [5.74, 6) is 0. The fourth-order valence-corrected chi connectivity index (χ4v) is 13.9. The lowest BCUT2D eigenvalue weighted by atomic mass is 9.18. The maximum absolute atomic E-state index is 6.58. The molecular weight excluding hydrogens is 864 g/mol. The Morgan fingerprint density at radius 1 is 0.347 bits per heavy atom. The molecule has 1 atom stereocenters. The molecule has 2 aliphatic carbocycles. The Balaban J connectivity index is 1.06. The van der Waals surface area contributed by atoms with E-state index in [9.17, 15) is 0 Å². The third kappa shape index (κ3) is 6.30. The monoisotopic (exact) mass is 915 g/mol. The minimum absolute atomic E-state index is 0.110. The number of furan rings is 1. The molecule has 10 aromatic carbocycles. The van der Waals surface area contributed by atoms with Crippen LogP contribution in [0.5, 0.6) is 0 Å². The van der Waals surface area contributed by atoms with Crippen molar-refractivity contribution in [3.8, 4) is 44.5 Å². The van der Waals surface area contributed by atoms with Gasteiger partial charge in [-0.3, -0.25) is 0 Å². The molecule has 1 aromatic heterocycles. The van der Waals surface area contributed by atoms with E-state index in [1.54, 1.807) is 0 Å². The first-order valence-electron chi connectivity index (χ1n) is 25.5. The lowest BCUT2D eigenvalue weighted by molar-refractivity contribution is 0.533. The fourth-order valence-electron chi connectivity index (χ4n) is 13.9. The van der Waals surface area contributed by atoms with E-state index in [2.05, 4.69) is 282 Å². The van der Waals surface area contributed by atoms with E-state index in [0.29, 0.717) is 0 Å². The van der Waals surface area contributed by atoms with E-state index < -0.39 is 5.41 Å². The molecule has 336 valence electrons. The molecule has 2 nitrogen and oxygen atoms in total. The number of para-hydroxylation sites is 3. The third-order valence-corrected chi connectivity index (χ3v) is 16.3. The van der Waals surface area contributed by atoms with Gasteiger partial charge in [-0.1, -0.05) is 210 Å². The normalized spacial score (nSPS) is 15.4. The molecule has 0 radical (unpaired) electrons. The fraction of sp³-hybridized carbons (Fsp3) is 0.0625. The van der Waals surface area contributed by atoms with Crippen molar-refractivity contribution in [1.29, 1.82) is 0 Å². The molecule has 1 unspecified atom stereocenters. The van der Waals surface area contributed by atoms with E-state index >= 15 is 0 Å². The summed E-state index contributed by atoms with van der Waals surface area (Å²) in [6.07, 6.45) is 0. The summed E-state index contributed by atoms with van der Waals surface area (Å²) in [4.78, 5) is 2.54. The Morgan fingerprint density at radius 2 is 0.833 bits per heavy atom. The van der Waals surface area contributed by atoms with Crippen molar-refractivity contribution in [3.63, 3.8) is 0 Å². The number of fused-ring (bicyclic) bond motifs is 9. The first kappa shape index (κ1) is 44.2. The van der Waals surface area contributed by atoms with Gasteiger partial charge in [-0.05, 0) is 109 Å². The first-order valence-corrected chi connectivity index (χ1v) is 25.5. The van der Waals surface area contributed by atoms with Gasteiger partial charge in [-0.15, -0.1) is 0 Å². The predicted octanol–water partition coefficient (Wildman–Crippen LogP) is 11.0.